The molecular formula is C19H21N3OS. The Bertz CT molecular complexity index is 849. The summed E-state index contributed by atoms with van der Waals surface area (Å²) in [7, 11) is 0. The summed E-state index contributed by atoms with van der Waals surface area (Å²) in [6, 6.07) is 8.67. The molecule has 0 N–H and O–H groups in total. The third kappa shape index (κ3) is 2.78. The first-order valence-electron chi connectivity index (χ1n) is 8.31. The Kier molecular flexibility index (Phi) is 3.98. The molecule has 1 aromatic carbocycles. The number of benzene rings is 1. The topological polar surface area (TPSA) is 38.2 Å². The van der Waals surface area contributed by atoms with Gasteiger partial charge in [0.25, 0.3) is 0 Å². The van der Waals surface area contributed by atoms with E-state index >= 15 is 0 Å². The van der Waals surface area contributed by atoms with Crippen molar-refractivity contribution in [2.45, 2.75) is 33.0 Å². The fraction of sp³-hybridized carbons (Fsp3) is 0.368. The van der Waals surface area contributed by atoms with Crippen LogP contribution in [0.2, 0.25) is 0 Å². The van der Waals surface area contributed by atoms with E-state index in [2.05, 4.69) is 65.3 Å². The van der Waals surface area contributed by atoms with E-state index in [0.29, 0.717) is 0 Å². The summed E-state index contributed by atoms with van der Waals surface area (Å²) >= 11 is 1.68. The molecule has 2 atom stereocenters. The normalized spacial score (nSPS) is 21.4. The van der Waals surface area contributed by atoms with Gasteiger partial charge in [-0.2, -0.15) is 0 Å². The van der Waals surface area contributed by atoms with Crippen molar-refractivity contribution in [3.8, 4) is 11.1 Å². The fourth-order valence-electron chi connectivity index (χ4n) is 3.40. The van der Waals surface area contributed by atoms with Crippen molar-refractivity contribution < 1.29 is 4.74 Å². The van der Waals surface area contributed by atoms with E-state index in [1.54, 1.807) is 17.7 Å². The standard InChI is InChI=1S/C19H21N3OS/c1-12-4-6-15(7-5-12)16-10-24-19-17(16)18(20-11-21-19)22-8-13(2)23-14(3)9-22/h4-7,10-11,13-14H,8-9H2,1-3H3. The summed E-state index contributed by atoms with van der Waals surface area (Å²) in [4.78, 5) is 12.5. The van der Waals surface area contributed by atoms with Crippen LogP contribution in [0.4, 0.5) is 5.82 Å². The molecule has 124 valence electrons. The minimum atomic E-state index is 0.209. The molecule has 1 saturated heterocycles. The number of anilines is 1. The Hall–Kier alpha value is -1.98. The van der Waals surface area contributed by atoms with E-state index in [4.69, 9.17) is 4.74 Å². The van der Waals surface area contributed by atoms with E-state index in [1.807, 2.05) is 0 Å². The highest BCUT2D eigenvalue weighted by molar-refractivity contribution is 7.17. The number of thiophene rings is 1. The molecule has 4 rings (SSSR count). The second kappa shape index (κ2) is 6.15. The monoisotopic (exact) mass is 339 g/mol. The van der Waals surface area contributed by atoms with Gasteiger partial charge < -0.3 is 9.64 Å². The molecule has 1 aliphatic heterocycles. The maximum Gasteiger partial charge on any atom is 0.141 e. The molecule has 1 fully saturated rings. The molecular weight excluding hydrogens is 318 g/mol. The van der Waals surface area contributed by atoms with Gasteiger partial charge in [-0.15, -0.1) is 11.3 Å². The van der Waals surface area contributed by atoms with Crippen molar-refractivity contribution in [2.24, 2.45) is 0 Å². The van der Waals surface area contributed by atoms with Gasteiger partial charge in [0.1, 0.15) is 17.0 Å². The number of hydrogen-bond acceptors (Lipinski definition) is 5. The molecule has 3 heterocycles. The molecule has 4 nitrogen and oxygen atoms in total. The Morgan fingerprint density at radius 1 is 1.08 bits per heavy atom. The molecule has 2 unspecified atom stereocenters. The number of hydrogen-bond donors (Lipinski definition) is 0. The van der Waals surface area contributed by atoms with Crippen LogP contribution in [0.25, 0.3) is 21.3 Å². The van der Waals surface area contributed by atoms with E-state index < -0.39 is 0 Å². The summed E-state index contributed by atoms with van der Waals surface area (Å²) in [5.74, 6) is 1.03. The minimum absolute atomic E-state index is 0.209. The molecule has 1 aliphatic rings. The summed E-state index contributed by atoms with van der Waals surface area (Å²) in [6.07, 6.45) is 2.10. The summed E-state index contributed by atoms with van der Waals surface area (Å²) in [5, 5.41) is 3.36. The van der Waals surface area contributed by atoms with Crippen LogP contribution in [0.3, 0.4) is 0 Å². The molecule has 2 aromatic heterocycles. The lowest BCUT2D eigenvalue weighted by Crippen LogP contribution is -2.45. The van der Waals surface area contributed by atoms with Crippen molar-refractivity contribution in [3.05, 3.63) is 41.5 Å². The van der Waals surface area contributed by atoms with Crippen LogP contribution in [0, 0.1) is 6.92 Å². The van der Waals surface area contributed by atoms with Crippen LogP contribution in [-0.2, 0) is 4.74 Å². The average Bonchev–Trinajstić information content (AvgIpc) is 2.99. The highest BCUT2D eigenvalue weighted by Crippen LogP contribution is 2.38. The van der Waals surface area contributed by atoms with Crippen molar-refractivity contribution in [3.63, 3.8) is 0 Å². The second-order valence-corrected chi connectivity index (χ2v) is 7.41. The van der Waals surface area contributed by atoms with Crippen LogP contribution < -0.4 is 4.90 Å². The van der Waals surface area contributed by atoms with Crippen LogP contribution in [-0.4, -0.2) is 35.3 Å². The molecule has 0 spiro atoms. The van der Waals surface area contributed by atoms with Gasteiger partial charge in [0, 0.05) is 24.0 Å². The van der Waals surface area contributed by atoms with E-state index in [-0.39, 0.29) is 12.2 Å². The van der Waals surface area contributed by atoms with Crippen LogP contribution in [0.15, 0.2) is 36.0 Å². The van der Waals surface area contributed by atoms with E-state index in [0.717, 1.165) is 29.1 Å². The summed E-state index contributed by atoms with van der Waals surface area (Å²) < 4.78 is 5.88. The number of morpholine rings is 1. The lowest BCUT2D eigenvalue weighted by molar-refractivity contribution is -0.00537. The van der Waals surface area contributed by atoms with Crippen LogP contribution >= 0.6 is 11.3 Å². The number of rotatable bonds is 2. The minimum Gasteiger partial charge on any atom is -0.372 e. The maximum atomic E-state index is 5.88. The first kappa shape index (κ1) is 15.5. The maximum absolute atomic E-state index is 5.88. The van der Waals surface area contributed by atoms with Gasteiger partial charge in [-0.1, -0.05) is 29.8 Å². The van der Waals surface area contributed by atoms with Crippen molar-refractivity contribution in [1.82, 2.24) is 9.97 Å². The second-order valence-electron chi connectivity index (χ2n) is 6.56. The molecule has 0 radical (unpaired) electrons. The predicted octanol–water partition coefficient (Wildman–Crippen LogP) is 4.28. The quantitative estimate of drug-likeness (QED) is 0.698. The Labute approximate surface area is 146 Å². The summed E-state index contributed by atoms with van der Waals surface area (Å²) in [6.45, 7) is 8.07. The number of fused-ring (bicyclic) bond motifs is 1. The largest absolute Gasteiger partial charge is 0.372 e. The van der Waals surface area contributed by atoms with Crippen molar-refractivity contribution in [2.75, 3.05) is 18.0 Å². The van der Waals surface area contributed by atoms with Gasteiger partial charge in [0.2, 0.25) is 0 Å². The Morgan fingerprint density at radius 2 is 1.79 bits per heavy atom. The highest BCUT2D eigenvalue weighted by atomic mass is 32.1. The zero-order chi connectivity index (χ0) is 16.7. The van der Waals surface area contributed by atoms with Gasteiger partial charge in [-0.05, 0) is 26.3 Å². The van der Waals surface area contributed by atoms with Crippen molar-refractivity contribution >= 4 is 27.4 Å². The van der Waals surface area contributed by atoms with Gasteiger partial charge in [0.15, 0.2) is 0 Å². The van der Waals surface area contributed by atoms with Crippen molar-refractivity contribution in [1.29, 1.82) is 0 Å². The molecule has 0 amide bonds. The molecule has 0 saturated carbocycles. The van der Waals surface area contributed by atoms with Gasteiger partial charge in [-0.25, -0.2) is 9.97 Å². The number of aromatic nitrogens is 2. The Balaban J connectivity index is 1.84. The highest BCUT2D eigenvalue weighted by Gasteiger charge is 2.26. The smallest absolute Gasteiger partial charge is 0.141 e. The molecule has 3 aromatic rings. The lowest BCUT2D eigenvalue weighted by Gasteiger charge is -2.36. The number of ether oxygens (including phenoxy) is 1. The van der Waals surface area contributed by atoms with Crippen LogP contribution in [0.5, 0.6) is 0 Å². The Morgan fingerprint density at radius 3 is 2.50 bits per heavy atom. The van der Waals surface area contributed by atoms with Gasteiger partial charge >= 0.3 is 0 Å². The SMILES string of the molecule is Cc1ccc(-c2csc3ncnc(N4CC(C)OC(C)C4)c23)cc1. The van der Waals surface area contributed by atoms with Gasteiger partial charge in [0.05, 0.1) is 17.6 Å². The number of aryl methyl sites for hydroxylation is 1. The third-order valence-corrected chi connectivity index (χ3v) is 5.32. The third-order valence-electron chi connectivity index (χ3n) is 4.43. The predicted molar refractivity (Wildman–Crippen MR) is 99.8 cm³/mol. The van der Waals surface area contributed by atoms with E-state index in [1.165, 1.54) is 16.7 Å². The first-order valence-corrected chi connectivity index (χ1v) is 9.19. The first-order chi connectivity index (χ1) is 11.6. The zero-order valence-electron chi connectivity index (χ0n) is 14.2. The lowest BCUT2D eigenvalue weighted by atomic mass is 10.0. The molecule has 24 heavy (non-hydrogen) atoms. The number of nitrogens with zero attached hydrogens (tertiary/aromatic N) is 3. The molecule has 0 bridgehead atoms. The molecule has 0 aliphatic carbocycles. The van der Waals surface area contributed by atoms with Gasteiger partial charge in [-0.3, -0.25) is 0 Å². The molecule has 5 heteroatoms. The van der Waals surface area contributed by atoms with Crippen LogP contribution in [0.1, 0.15) is 19.4 Å². The fourth-order valence-corrected chi connectivity index (χ4v) is 4.31. The average molecular weight is 339 g/mol. The summed E-state index contributed by atoms with van der Waals surface area (Å²) in [5.41, 5.74) is 3.71. The zero-order valence-corrected chi connectivity index (χ0v) is 15.0. The van der Waals surface area contributed by atoms with E-state index in [9.17, 15) is 0 Å².